The molecule has 2 N–H and O–H groups in total. The molecule has 0 amide bonds. The minimum atomic E-state index is 0.210. The van der Waals surface area contributed by atoms with Crippen molar-refractivity contribution in [1.29, 1.82) is 5.26 Å². The molecule has 3 heteroatoms. The predicted octanol–water partition coefficient (Wildman–Crippen LogP) is 1.42. The Morgan fingerprint density at radius 1 is 1.40 bits per heavy atom. The topological polar surface area (TPSA) is 56.0 Å². The van der Waals surface area contributed by atoms with Gasteiger partial charge in [-0.3, -0.25) is 0 Å². The second-order valence-corrected chi connectivity index (χ2v) is 3.60. The highest BCUT2D eigenvalue weighted by atomic mass is 16.3. The van der Waals surface area contributed by atoms with Crippen molar-refractivity contribution < 1.29 is 5.11 Å². The molecule has 1 rings (SSSR count). The molecule has 0 aliphatic rings. The summed E-state index contributed by atoms with van der Waals surface area (Å²) >= 11 is 0. The van der Waals surface area contributed by atoms with Crippen molar-refractivity contribution in [2.75, 3.05) is 6.61 Å². The van der Waals surface area contributed by atoms with Crippen molar-refractivity contribution in [3.63, 3.8) is 0 Å². The molecule has 0 aromatic heterocycles. The molecule has 3 nitrogen and oxygen atoms in total. The third kappa shape index (κ3) is 4.11. The summed E-state index contributed by atoms with van der Waals surface area (Å²) in [5, 5.41) is 20.6. The molecule has 1 aromatic carbocycles. The van der Waals surface area contributed by atoms with E-state index in [0.717, 1.165) is 18.5 Å². The van der Waals surface area contributed by atoms with E-state index < -0.39 is 0 Å². The Labute approximate surface area is 90.4 Å². The van der Waals surface area contributed by atoms with Crippen molar-refractivity contribution in [1.82, 2.24) is 5.32 Å². The van der Waals surface area contributed by atoms with Crippen LogP contribution in [-0.2, 0) is 6.54 Å². The summed E-state index contributed by atoms with van der Waals surface area (Å²) in [6.45, 7) is 3.02. The van der Waals surface area contributed by atoms with Crippen LogP contribution in [-0.4, -0.2) is 17.8 Å². The Balaban J connectivity index is 2.41. The molecular weight excluding hydrogens is 188 g/mol. The number of benzene rings is 1. The van der Waals surface area contributed by atoms with Gasteiger partial charge in [0.2, 0.25) is 0 Å². The second-order valence-electron chi connectivity index (χ2n) is 3.60. The van der Waals surface area contributed by atoms with Crippen molar-refractivity contribution in [3.05, 3.63) is 35.4 Å². The van der Waals surface area contributed by atoms with E-state index in [1.54, 1.807) is 0 Å². The third-order valence-electron chi connectivity index (χ3n) is 2.30. The number of aliphatic hydroxyl groups is 1. The molecule has 0 aliphatic carbocycles. The van der Waals surface area contributed by atoms with Crippen LogP contribution in [0.2, 0.25) is 0 Å². The van der Waals surface area contributed by atoms with Gasteiger partial charge in [-0.15, -0.1) is 0 Å². The molecule has 80 valence electrons. The number of rotatable bonds is 5. The summed E-state index contributed by atoms with van der Waals surface area (Å²) in [5.41, 5.74) is 1.83. The molecule has 0 radical (unpaired) electrons. The average Bonchev–Trinajstić information content (AvgIpc) is 2.27. The molecule has 0 saturated carbocycles. The summed E-state index contributed by atoms with van der Waals surface area (Å²) in [6, 6.07) is 9.91. The maximum Gasteiger partial charge on any atom is 0.0991 e. The Morgan fingerprint density at radius 2 is 2.07 bits per heavy atom. The van der Waals surface area contributed by atoms with E-state index in [1.807, 2.05) is 31.2 Å². The zero-order chi connectivity index (χ0) is 11.1. The fourth-order valence-corrected chi connectivity index (χ4v) is 1.28. The van der Waals surface area contributed by atoms with Gasteiger partial charge in [-0.05, 0) is 31.0 Å². The van der Waals surface area contributed by atoms with Crippen LogP contribution in [0.1, 0.15) is 24.5 Å². The van der Waals surface area contributed by atoms with Gasteiger partial charge in [-0.25, -0.2) is 0 Å². The van der Waals surface area contributed by atoms with E-state index >= 15 is 0 Å². The highest BCUT2D eigenvalue weighted by molar-refractivity contribution is 5.31. The lowest BCUT2D eigenvalue weighted by atomic mass is 10.1. The number of nitrogens with zero attached hydrogens (tertiary/aromatic N) is 1. The van der Waals surface area contributed by atoms with Gasteiger partial charge >= 0.3 is 0 Å². The maximum atomic E-state index is 8.73. The normalized spacial score (nSPS) is 12.1. The zero-order valence-electron chi connectivity index (χ0n) is 8.90. The van der Waals surface area contributed by atoms with E-state index in [0.29, 0.717) is 11.6 Å². The Kier molecular flexibility index (Phi) is 4.82. The molecule has 0 aliphatic heterocycles. The summed E-state index contributed by atoms with van der Waals surface area (Å²) in [7, 11) is 0. The lowest BCUT2D eigenvalue weighted by Crippen LogP contribution is -2.26. The fourth-order valence-electron chi connectivity index (χ4n) is 1.28. The van der Waals surface area contributed by atoms with Gasteiger partial charge in [-0.2, -0.15) is 5.26 Å². The molecule has 15 heavy (non-hydrogen) atoms. The number of hydrogen-bond acceptors (Lipinski definition) is 3. The number of nitriles is 1. The quantitative estimate of drug-likeness (QED) is 0.762. The third-order valence-corrected chi connectivity index (χ3v) is 2.30. The lowest BCUT2D eigenvalue weighted by molar-refractivity contribution is 0.268. The first-order valence-electron chi connectivity index (χ1n) is 5.09. The number of nitrogens with one attached hydrogen (secondary N) is 1. The first kappa shape index (κ1) is 11.7. The standard InChI is InChI=1S/C12H16N2O/c1-10(6-7-15)14-9-12-4-2-11(8-13)3-5-12/h2-5,10,14-15H,6-7,9H2,1H3. The lowest BCUT2D eigenvalue weighted by Gasteiger charge is -2.11. The highest BCUT2D eigenvalue weighted by Crippen LogP contribution is 2.03. The molecule has 0 fully saturated rings. The summed E-state index contributed by atoms with van der Waals surface area (Å²) < 4.78 is 0. The molecule has 0 heterocycles. The Hall–Kier alpha value is -1.37. The Bertz CT molecular complexity index is 326. The van der Waals surface area contributed by atoms with E-state index in [4.69, 9.17) is 10.4 Å². The van der Waals surface area contributed by atoms with Gasteiger partial charge in [0.25, 0.3) is 0 Å². The van der Waals surface area contributed by atoms with Crippen LogP contribution >= 0.6 is 0 Å². The van der Waals surface area contributed by atoms with Crippen LogP contribution in [0.4, 0.5) is 0 Å². The van der Waals surface area contributed by atoms with Gasteiger partial charge in [0, 0.05) is 19.2 Å². The first-order chi connectivity index (χ1) is 7.26. The molecule has 0 spiro atoms. The van der Waals surface area contributed by atoms with Crippen LogP contribution in [0.5, 0.6) is 0 Å². The van der Waals surface area contributed by atoms with Crippen molar-refractivity contribution >= 4 is 0 Å². The van der Waals surface area contributed by atoms with E-state index in [1.165, 1.54) is 0 Å². The smallest absolute Gasteiger partial charge is 0.0991 e. The SMILES string of the molecule is CC(CCO)NCc1ccc(C#N)cc1. The molecule has 0 saturated heterocycles. The monoisotopic (exact) mass is 204 g/mol. The molecular formula is C12H16N2O. The zero-order valence-corrected chi connectivity index (χ0v) is 8.90. The van der Waals surface area contributed by atoms with Gasteiger partial charge in [-0.1, -0.05) is 12.1 Å². The van der Waals surface area contributed by atoms with Crippen LogP contribution in [0, 0.1) is 11.3 Å². The number of hydrogen-bond donors (Lipinski definition) is 2. The van der Waals surface area contributed by atoms with Crippen LogP contribution in [0.25, 0.3) is 0 Å². The summed E-state index contributed by atoms with van der Waals surface area (Å²) in [6.07, 6.45) is 0.760. The fraction of sp³-hybridized carbons (Fsp3) is 0.417. The van der Waals surface area contributed by atoms with Crippen LogP contribution in [0.15, 0.2) is 24.3 Å². The summed E-state index contributed by atoms with van der Waals surface area (Å²) in [4.78, 5) is 0. The largest absolute Gasteiger partial charge is 0.396 e. The van der Waals surface area contributed by atoms with E-state index in [9.17, 15) is 0 Å². The first-order valence-corrected chi connectivity index (χ1v) is 5.09. The maximum absolute atomic E-state index is 8.73. The van der Waals surface area contributed by atoms with Gasteiger partial charge < -0.3 is 10.4 Å². The van der Waals surface area contributed by atoms with Gasteiger partial charge in [0.05, 0.1) is 11.6 Å². The second kappa shape index (κ2) is 6.18. The minimum absolute atomic E-state index is 0.210. The molecule has 1 atom stereocenters. The highest BCUT2D eigenvalue weighted by Gasteiger charge is 2.00. The minimum Gasteiger partial charge on any atom is -0.396 e. The molecule has 1 aromatic rings. The van der Waals surface area contributed by atoms with Crippen molar-refractivity contribution in [3.8, 4) is 6.07 Å². The average molecular weight is 204 g/mol. The van der Waals surface area contributed by atoms with Crippen molar-refractivity contribution in [2.45, 2.75) is 25.9 Å². The molecule has 0 bridgehead atoms. The Morgan fingerprint density at radius 3 is 2.60 bits per heavy atom. The van der Waals surface area contributed by atoms with Gasteiger partial charge in [0.1, 0.15) is 0 Å². The van der Waals surface area contributed by atoms with E-state index in [-0.39, 0.29) is 6.61 Å². The van der Waals surface area contributed by atoms with Crippen LogP contribution in [0.3, 0.4) is 0 Å². The van der Waals surface area contributed by atoms with Crippen molar-refractivity contribution in [2.24, 2.45) is 0 Å². The van der Waals surface area contributed by atoms with Crippen LogP contribution < -0.4 is 5.32 Å². The summed E-state index contributed by atoms with van der Waals surface area (Å²) in [5.74, 6) is 0. The number of aliphatic hydroxyl groups excluding tert-OH is 1. The van der Waals surface area contributed by atoms with Gasteiger partial charge in [0.15, 0.2) is 0 Å². The van der Waals surface area contributed by atoms with E-state index in [2.05, 4.69) is 11.4 Å². The molecule has 1 unspecified atom stereocenters. The predicted molar refractivity (Wildman–Crippen MR) is 59.2 cm³/mol.